The molecule has 0 aliphatic carbocycles. The Kier molecular flexibility index (Phi) is 4.16. The van der Waals surface area contributed by atoms with Gasteiger partial charge in [0.05, 0.1) is 17.9 Å². The molecule has 1 N–H and O–H groups in total. The predicted molar refractivity (Wildman–Crippen MR) is 111 cm³/mol. The summed E-state index contributed by atoms with van der Waals surface area (Å²) >= 11 is 1.71. The van der Waals surface area contributed by atoms with Gasteiger partial charge in [-0.25, -0.2) is 15.0 Å². The first-order valence-corrected chi connectivity index (χ1v) is 10.5. The highest BCUT2D eigenvalue weighted by molar-refractivity contribution is 7.13. The van der Waals surface area contributed by atoms with Crippen molar-refractivity contribution < 1.29 is 0 Å². The summed E-state index contributed by atoms with van der Waals surface area (Å²) in [5.74, 6) is 0. The maximum absolute atomic E-state index is 4.75. The van der Waals surface area contributed by atoms with Crippen LogP contribution in [0.3, 0.4) is 0 Å². The van der Waals surface area contributed by atoms with Gasteiger partial charge in [-0.2, -0.15) is 5.10 Å². The number of hydrogen-bond donors (Lipinski definition) is 1. The first kappa shape index (κ1) is 17.4. The lowest BCUT2D eigenvalue weighted by Crippen LogP contribution is -2.33. The van der Waals surface area contributed by atoms with Crippen molar-refractivity contribution in [2.45, 2.75) is 32.7 Å². The number of fused-ring (bicyclic) bond motifs is 1. The van der Waals surface area contributed by atoms with Gasteiger partial charge in [0.25, 0.3) is 0 Å². The van der Waals surface area contributed by atoms with E-state index in [0.29, 0.717) is 6.04 Å². The van der Waals surface area contributed by atoms with Crippen LogP contribution in [0.5, 0.6) is 0 Å². The van der Waals surface area contributed by atoms with Gasteiger partial charge in [-0.15, -0.1) is 11.3 Å². The molecule has 0 bridgehead atoms. The number of anilines is 1. The molecule has 1 aliphatic heterocycles. The molecule has 144 valence electrons. The van der Waals surface area contributed by atoms with Crippen LogP contribution in [-0.2, 0) is 0 Å². The van der Waals surface area contributed by atoms with E-state index in [4.69, 9.17) is 5.10 Å². The van der Waals surface area contributed by atoms with Crippen molar-refractivity contribution in [3.8, 4) is 11.3 Å². The van der Waals surface area contributed by atoms with E-state index in [9.17, 15) is 0 Å². The largest absolute Gasteiger partial charge is 0.347 e. The molecule has 8 heteroatoms. The van der Waals surface area contributed by atoms with Crippen molar-refractivity contribution in [1.82, 2.24) is 29.7 Å². The fraction of sp³-hybridized carbons (Fsp3) is 0.400. The van der Waals surface area contributed by atoms with Crippen LogP contribution >= 0.6 is 11.3 Å². The van der Waals surface area contributed by atoms with Crippen LogP contribution in [0.1, 0.15) is 32.7 Å². The van der Waals surface area contributed by atoms with Crippen LogP contribution in [-0.4, -0.2) is 42.8 Å². The van der Waals surface area contributed by atoms with Gasteiger partial charge in [0.15, 0.2) is 5.13 Å². The smallest absolute Gasteiger partial charge is 0.185 e. The summed E-state index contributed by atoms with van der Waals surface area (Å²) < 4.78 is 2.14. The second-order valence-corrected chi connectivity index (χ2v) is 8.61. The normalized spacial score (nSPS) is 20.9. The maximum atomic E-state index is 4.75. The van der Waals surface area contributed by atoms with Gasteiger partial charge in [0.1, 0.15) is 12.0 Å². The number of rotatable bonds is 5. The van der Waals surface area contributed by atoms with E-state index >= 15 is 0 Å². The van der Waals surface area contributed by atoms with Gasteiger partial charge in [0.2, 0.25) is 0 Å². The molecule has 0 amide bonds. The quantitative estimate of drug-likeness (QED) is 0.551. The summed E-state index contributed by atoms with van der Waals surface area (Å²) in [6.07, 6.45) is 11.6. The average molecular weight is 394 g/mol. The van der Waals surface area contributed by atoms with Crippen LogP contribution in [0, 0.1) is 5.41 Å². The molecule has 0 saturated carbocycles. The van der Waals surface area contributed by atoms with Crippen LogP contribution in [0.4, 0.5) is 5.13 Å². The minimum Gasteiger partial charge on any atom is -0.347 e. The van der Waals surface area contributed by atoms with Crippen LogP contribution in [0.2, 0.25) is 0 Å². The van der Waals surface area contributed by atoms with Gasteiger partial charge in [-0.05, 0) is 18.9 Å². The summed E-state index contributed by atoms with van der Waals surface area (Å²) in [6.45, 7) is 6.68. The number of aromatic amines is 1. The number of aromatic nitrogens is 6. The van der Waals surface area contributed by atoms with Crippen molar-refractivity contribution in [3.63, 3.8) is 0 Å². The average Bonchev–Trinajstić information content (AvgIpc) is 3.48. The SMILES string of the molecule is CCC(n1cc(-c2ncnc3[nH]ccc23)cn1)C1(C)CCN(c2nccs2)C1. The Morgan fingerprint density at radius 2 is 2.25 bits per heavy atom. The van der Waals surface area contributed by atoms with Crippen molar-refractivity contribution in [2.75, 3.05) is 18.0 Å². The summed E-state index contributed by atoms with van der Waals surface area (Å²) in [6, 6.07) is 2.35. The molecule has 28 heavy (non-hydrogen) atoms. The molecule has 5 heterocycles. The highest BCUT2D eigenvalue weighted by Crippen LogP contribution is 2.44. The van der Waals surface area contributed by atoms with Crippen molar-refractivity contribution in [1.29, 1.82) is 0 Å². The van der Waals surface area contributed by atoms with E-state index in [1.807, 2.05) is 30.0 Å². The first-order valence-electron chi connectivity index (χ1n) is 9.65. The Bertz CT molecular complexity index is 1080. The second kappa shape index (κ2) is 6.70. The Labute approximate surface area is 167 Å². The van der Waals surface area contributed by atoms with Crippen molar-refractivity contribution in [3.05, 3.63) is 42.6 Å². The molecular weight excluding hydrogens is 370 g/mol. The Morgan fingerprint density at radius 1 is 1.32 bits per heavy atom. The van der Waals surface area contributed by atoms with E-state index in [2.05, 4.69) is 49.6 Å². The summed E-state index contributed by atoms with van der Waals surface area (Å²) in [5, 5.41) is 8.94. The zero-order valence-electron chi connectivity index (χ0n) is 16.0. The highest BCUT2D eigenvalue weighted by Gasteiger charge is 2.41. The monoisotopic (exact) mass is 393 g/mol. The summed E-state index contributed by atoms with van der Waals surface area (Å²) in [5.41, 5.74) is 2.96. The molecular formula is C20H23N7S. The molecule has 7 nitrogen and oxygen atoms in total. The zero-order chi connectivity index (χ0) is 19.1. The van der Waals surface area contributed by atoms with Crippen LogP contribution in [0.15, 0.2) is 42.6 Å². The number of nitrogens with zero attached hydrogens (tertiary/aromatic N) is 6. The second-order valence-electron chi connectivity index (χ2n) is 7.74. The van der Waals surface area contributed by atoms with E-state index in [0.717, 1.165) is 53.4 Å². The standard InChI is InChI=1S/C20H23N7S/c1-3-16(20(2)5-8-26(12-20)19-22-7-9-28-19)27-11-14(10-25-27)17-15-4-6-21-18(15)24-13-23-17/h4,6-7,9-11,13,16H,3,5,8,12H2,1-2H3,(H,21,23,24). The molecule has 0 spiro atoms. The number of H-pyrrole nitrogens is 1. The Balaban J connectivity index is 1.45. The van der Waals surface area contributed by atoms with Crippen LogP contribution < -0.4 is 4.90 Å². The molecule has 1 saturated heterocycles. The minimum atomic E-state index is 0.152. The minimum absolute atomic E-state index is 0.152. The molecule has 4 aromatic rings. The lowest BCUT2D eigenvalue weighted by molar-refractivity contribution is 0.196. The zero-order valence-corrected chi connectivity index (χ0v) is 16.9. The Hall–Kier alpha value is -2.74. The van der Waals surface area contributed by atoms with E-state index < -0.39 is 0 Å². The number of hydrogen-bond acceptors (Lipinski definition) is 6. The molecule has 0 aromatic carbocycles. The molecule has 2 atom stereocenters. The first-order chi connectivity index (χ1) is 13.7. The fourth-order valence-corrected chi connectivity index (χ4v) is 5.19. The van der Waals surface area contributed by atoms with Crippen molar-refractivity contribution in [2.24, 2.45) is 5.41 Å². The lowest BCUT2D eigenvalue weighted by atomic mass is 9.80. The third kappa shape index (κ3) is 2.79. The van der Waals surface area contributed by atoms with E-state index in [1.165, 1.54) is 0 Å². The lowest BCUT2D eigenvalue weighted by Gasteiger charge is -2.33. The predicted octanol–water partition coefficient (Wildman–Crippen LogP) is 4.15. The van der Waals surface area contributed by atoms with Gasteiger partial charge < -0.3 is 9.88 Å². The topological polar surface area (TPSA) is 75.5 Å². The van der Waals surface area contributed by atoms with Gasteiger partial charge >= 0.3 is 0 Å². The molecule has 4 aromatic heterocycles. The summed E-state index contributed by atoms with van der Waals surface area (Å²) in [7, 11) is 0. The number of thiazole rings is 1. The molecule has 1 fully saturated rings. The Morgan fingerprint density at radius 3 is 3.07 bits per heavy atom. The van der Waals surface area contributed by atoms with Gasteiger partial charge in [-0.1, -0.05) is 13.8 Å². The third-order valence-corrected chi connectivity index (χ3v) is 6.77. The third-order valence-electron chi connectivity index (χ3n) is 5.93. The van der Waals surface area contributed by atoms with Crippen LogP contribution in [0.25, 0.3) is 22.3 Å². The molecule has 1 aliphatic rings. The molecule has 5 rings (SSSR count). The maximum Gasteiger partial charge on any atom is 0.185 e. The van der Waals surface area contributed by atoms with Crippen molar-refractivity contribution >= 4 is 27.5 Å². The van der Waals surface area contributed by atoms with E-state index in [-0.39, 0.29) is 5.41 Å². The highest BCUT2D eigenvalue weighted by atomic mass is 32.1. The fourth-order valence-electron chi connectivity index (χ4n) is 4.52. The van der Waals surface area contributed by atoms with E-state index in [1.54, 1.807) is 17.7 Å². The summed E-state index contributed by atoms with van der Waals surface area (Å²) in [4.78, 5) is 18.8. The van der Waals surface area contributed by atoms with Gasteiger partial charge in [0, 0.05) is 53.4 Å². The molecule has 2 unspecified atom stereocenters. The van der Waals surface area contributed by atoms with Gasteiger partial charge in [-0.3, -0.25) is 4.68 Å². The number of nitrogens with one attached hydrogen (secondary N) is 1. The molecule has 0 radical (unpaired) electrons.